The van der Waals surface area contributed by atoms with Crippen LogP contribution in [0.2, 0.25) is 0 Å². The van der Waals surface area contributed by atoms with Crippen molar-refractivity contribution in [3.63, 3.8) is 0 Å². The number of nitrogens with zero attached hydrogens (tertiary/aromatic N) is 3. The molecular weight excluding hydrogens is 224 g/mol. The standard InChI is InChI=1S/C10H10N4OS/c1-15-9-4-2-3-8(5-9)6-12-14-7-11-13-10(14)16/h2-7H,1H3,(H,13,16). The number of aromatic nitrogens is 3. The van der Waals surface area contributed by atoms with E-state index in [1.54, 1.807) is 13.3 Å². The zero-order valence-electron chi connectivity index (χ0n) is 8.62. The van der Waals surface area contributed by atoms with Crippen LogP contribution in [0.1, 0.15) is 5.56 Å². The molecule has 1 aromatic heterocycles. The molecule has 1 heterocycles. The third-order valence-electron chi connectivity index (χ3n) is 1.96. The molecule has 0 radical (unpaired) electrons. The fourth-order valence-electron chi connectivity index (χ4n) is 1.18. The van der Waals surface area contributed by atoms with Crippen LogP contribution in [0.3, 0.4) is 0 Å². The second kappa shape index (κ2) is 4.71. The largest absolute Gasteiger partial charge is 0.497 e. The van der Waals surface area contributed by atoms with Crippen LogP contribution in [0.4, 0.5) is 0 Å². The number of hydrogen-bond donors (Lipinski definition) is 1. The van der Waals surface area contributed by atoms with Gasteiger partial charge in [0.25, 0.3) is 0 Å². The molecule has 82 valence electrons. The number of aromatic amines is 1. The highest BCUT2D eigenvalue weighted by Crippen LogP contribution is 2.10. The molecule has 5 nitrogen and oxygen atoms in total. The van der Waals surface area contributed by atoms with Gasteiger partial charge in [-0.05, 0) is 29.9 Å². The van der Waals surface area contributed by atoms with Crippen LogP contribution in [0, 0.1) is 4.77 Å². The highest BCUT2D eigenvalue weighted by atomic mass is 32.1. The lowest BCUT2D eigenvalue weighted by molar-refractivity contribution is 0.415. The van der Waals surface area contributed by atoms with E-state index in [2.05, 4.69) is 15.3 Å². The lowest BCUT2D eigenvalue weighted by Gasteiger charge is -1.99. The molecule has 0 atom stereocenters. The molecule has 0 spiro atoms. The van der Waals surface area contributed by atoms with Gasteiger partial charge in [0.05, 0.1) is 13.3 Å². The average molecular weight is 234 g/mol. The summed E-state index contributed by atoms with van der Waals surface area (Å²) >= 11 is 4.96. The second-order valence-electron chi connectivity index (χ2n) is 3.03. The van der Waals surface area contributed by atoms with Crippen molar-refractivity contribution in [3.05, 3.63) is 40.9 Å². The lowest BCUT2D eigenvalue weighted by atomic mass is 10.2. The average Bonchev–Trinajstić information content (AvgIpc) is 2.72. The Hall–Kier alpha value is -1.95. The Balaban J connectivity index is 2.24. The number of hydrogen-bond acceptors (Lipinski definition) is 4. The SMILES string of the molecule is COc1cccc(C=Nn2cn[nH]c2=S)c1. The van der Waals surface area contributed by atoms with Gasteiger partial charge in [-0.15, -0.1) is 0 Å². The Kier molecular flexibility index (Phi) is 3.11. The van der Waals surface area contributed by atoms with Crippen molar-refractivity contribution >= 4 is 18.4 Å². The molecule has 0 bridgehead atoms. The van der Waals surface area contributed by atoms with E-state index in [4.69, 9.17) is 17.0 Å². The molecule has 0 aliphatic heterocycles. The summed E-state index contributed by atoms with van der Waals surface area (Å²) in [5.41, 5.74) is 0.933. The minimum absolute atomic E-state index is 0.458. The lowest BCUT2D eigenvalue weighted by Crippen LogP contribution is -1.90. The topological polar surface area (TPSA) is 55.2 Å². The summed E-state index contributed by atoms with van der Waals surface area (Å²) in [7, 11) is 1.63. The first kappa shape index (κ1) is 10.6. The molecule has 0 saturated carbocycles. The third kappa shape index (κ3) is 2.34. The van der Waals surface area contributed by atoms with Gasteiger partial charge in [-0.2, -0.15) is 14.9 Å². The van der Waals surface area contributed by atoms with E-state index in [-0.39, 0.29) is 0 Å². The third-order valence-corrected chi connectivity index (χ3v) is 2.24. The number of nitrogens with one attached hydrogen (secondary N) is 1. The van der Waals surface area contributed by atoms with E-state index < -0.39 is 0 Å². The highest BCUT2D eigenvalue weighted by molar-refractivity contribution is 7.71. The molecule has 0 fully saturated rings. The van der Waals surface area contributed by atoms with Gasteiger partial charge < -0.3 is 4.74 Å². The van der Waals surface area contributed by atoms with E-state index >= 15 is 0 Å². The number of H-pyrrole nitrogens is 1. The molecule has 1 aromatic carbocycles. The Morgan fingerprint density at radius 2 is 2.44 bits per heavy atom. The van der Waals surface area contributed by atoms with Crippen molar-refractivity contribution in [2.45, 2.75) is 0 Å². The predicted octanol–water partition coefficient (Wildman–Crippen LogP) is 1.83. The number of rotatable bonds is 3. The summed E-state index contributed by atoms with van der Waals surface area (Å²) in [4.78, 5) is 0. The van der Waals surface area contributed by atoms with Crippen molar-refractivity contribution in [3.8, 4) is 5.75 Å². The van der Waals surface area contributed by atoms with Gasteiger partial charge >= 0.3 is 0 Å². The summed E-state index contributed by atoms with van der Waals surface area (Å²) in [5, 5.41) is 10.5. The zero-order valence-corrected chi connectivity index (χ0v) is 9.44. The van der Waals surface area contributed by atoms with Gasteiger partial charge in [0.1, 0.15) is 12.1 Å². The molecule has 1 N–H and O–H groups in total. The molecule has 0 amide bonds. The zero-order chi connectivity index (χ0) is 11.4. The number of methoxy groups -OCH3 is 1. The number of benzene rings is 1. The van der Waals surface area contributed by atoms with Crippen LogP contribution in [0.25, 0.3) is 0 Å². The van der Waals surface area contributed by atoms with E-state index in [9.17, 15) is 0 Å². The van der Waals surface area contributed by atoms with Crippen LogP contribution in [-0.2, 0) is 0 Å². The van der Waals surface area contributed by atoms with Gasteiger partial charge in [0, 0.05) is 0 Å². The second-order valence-corrected chi connectivity index (χ2v) is 3.41. The quantitative estimate of drug-likeness (QED) is 0.651. The van der Waals surface area contributed by atoms with Crippen LogP contribution in [-0.4, -0.2) is 28.2 Å². The van der Waals surface area contributed by atoms with Crippen LogP contribution in [0.15, 0.2) is 35.7 Å². The minimum Gasteiger partial charge on any atom is -0.497 e. The first-order valence-corrected chi connectivity index (χ1v) is 5.01. The van der Waals surface area contributed by atoms with Crippen LogP contribution < -0.4 is 4.74 Å². The molecule has 2 aromatic rings. The van der Waals surface area contributed by atoms with E-state index in [0.717, 1.165) is 11.3 Å². The first-order chi connectivity index (χ1) is 7.79. The molecule has 16 heavy (non-hydrogen) atoms. The molecule has 2 rings (SSSR count). The molecular formula is C10H10N4OS. The normalized spacial score (nSPS) is 10.8. The Morgan fingerprint density at radius 1 is 1.56 bits per heavy atom. The van der Waals surface area contributed by atoms with Crippen molar-refractivity contribution in [1.29, 1.82) is 0 Å². The summed E-state index contributed by atoms with van der Waals surface area (Å²) < 4.78 is 7.05. The first-order valence-electron chi connectivity index (χ1n) is 4.60. The van der Waals surface area contributed by atoms with Gasteiger partial charge in [0.2, 0.25) is 4.77 Å². The maximum absolute atomic E-state index is 5.11. The van der Waals surface area contributed by atoms with Gasteiger partial charge in [-0.25, -0.2) is 0 Å². The van der Waals surface area contributed by atoms with E-state index in [0.29, 0.717) is 4.77 Å². The monoisotopic (exact) mass is 234 g/mol. The minimum atomic E-state index is 0.458. The van der Waals surface area contributed by atoms with Crippen molar-refractivity contribution < 1.29 is 4.74 Å². The van der Waals surface area contributed by atoms with Crippen molar-refractivity contribution in [2.24, 2.45) is 5.10 Å². The Labute approximate surface area is 97.4 Å². The Bertz CT molecular complexity index is 558. The fourth-order valence-corrected chi connectivity index (χ4v) is 1.32. The van der Waals surface area contributed by atoms with E-state index in [1.165, 1.54) is 11.0 Å². The van der Waals surface area contributed by atoms with Crippen molar-refractivity contribution in [1.82, 2.24) is 14.9 Å². The molecule has 0 aliphatic rings. The molecule has 0 aliphatic carbocycles. The highest BCUT2D eigenvalue weighted by Gasteiger charge is 1.93. The van der Waals surface area contributed by atoms with Crippen LogP contribution in [0.5, 0.6) is 5.75 Å². The maximum Gasteiger partial charge on any atom is 0.216 e. The van der Waals surface area contributed by atoms with Crippen LogP contribution >= 0.6 is 12.2 Å². The molecule has 0 unspecified atom stereocenters. The molecule has 6 heteroatoms. The Morgan fingerprint density at radius 3 is 3.12 bits per heavy atom. The predicted molar refractivity (Wildman–Crippen MR) is 63.4 cm³/mol. The van der Waals surface area contributed by atoms with E-state index in [1.807, 2.05) is 24.3 Å². The summed E-state index contributed by atoms with van der Waals surface area (Å²) in [5.74, 6) is 0.791. The number of ether oxygens (including phenoxy) is 1. The van der Waals surface area contributed by atoms with Crippen molar-refractivity contribution in [2.75, 3.05) is 7.11 Å². The summed E-state index contributed by atoms with van der Waals surface area (Å²) in [6, 6.07) is 7.58. The van der Waals surface area contributed by atoms with Gasteiger partial charge in [-0.3, -0.25) is 5.10 Å². The summed E-state index contributed by atoms with van der Waals surface area (Å²) in [6.07, 6.45) is 3.20. The summed E-state index contributed by atoms with van der Waals surface area (Å²) in [6.45, 7) is 0. The van der Waals surface area contributed by atoms with Gasteiger partial charge in [0.15, 0.2) is 0 Å². The smallest absolute Gasteiger partial charge is 0.216 e. The maximum atomic E-state index is 5.11. The molecule has 0 saturated heterocycles. The van der Waals surface area contributed by atoms with Gasteiger partial charge in [-0.1, -0.05) is 12.1 Å². The fraction of sp³-hybridized carbons (Fsp3) is 0.100.